The second kappa shape index (κ2) is 9.40. The van der Waals surface area contributed by atoms with Crippen molar-refractivity contribution in [3.8, 4) is 0 Å². The lowest BCUT2D eigenvalue weighted by Crippen LogP contribution is -2.36. The summed E-state index contributed by atoms with van der Waals surface area (Å²) in [5.74, 6) is 2.96. The lowest BCUT2D eigenvalue weighted by atomic mass is 10.2. The van der Waals surface area contributed by atoms with E-state index in [2.05, 4.69) is 39.5 Å². The number of rotatable bonds is 4. The molecule has 0 amide bonds. The van der Waals surface area contributed by atoms with Crippen LogP contribution in [0.2, 0.25) is 0 Å². The minimum absolute atomic E-state index is 0. The minimum Gasteiger partial charge on any atom is -0.370 e. The maximum absolute atomic E-state index is 5.80. The summed E-state index contributed by atoms with van der Waals surface area (Å²) < 4.78 is 0. The Bertz CT molecular complexity index is 441. The van der Waals surface area contributed by atoms with Gasteiger partial charge in [-0.15, -0.1) is 24.0 Å². The number of benzene rings is 1. The molecule has 1 heterocycles. The van der Waals surface area contributed by atoms with Crippen molar-refractivity contribution < 1.29 is 0 Å². The van der Waals surface area contributed by atoms with E-state index in [4.69, 9.17) is 5.73 Å². The molecule has 3 N–H and O–H groups in total. The standard InChI is InChI=1S/C15H24N4S.HI/c1-12(2)18-15(16)17-11-13-3-5-14(6-4-13)19-7-9-20-10-8-19;/h3-6,12H,7-11H2,1-2H3,(H3,16,17,18);1H. The average molecular weight is 420 g/mol. The second-order valence-corrected chi connectivity index (χ2v) is 6.49. The highest BCUT2D eigenvalue weighted by Crippen LogP contribution is 2.20. The Hall–Kier alpha value is -0.630. The van der Waals surface area contributed by atoms with Crippen LogP contribution in [-0.2, 0) is 6.54 Å². The van der Waals surface area contributed by atoms with Crippen LogP contribution in [0.1, 0.15) is 19.4 Å². The lowest BCUT2D eigenvalue weighted by molar-refractivity contribution is 0.723. The predicted molar refractivity (Wildman–Crippen MR) is 105 cm³/mol. The first-order chi connectivity index (χ1) is 9.65. The Morgan fingerprint density at radius 1 is 1.29 bits per heavy atom. The van der Waals surface area contributed by atoms with E-state index >= 15 is 0 Å². The van der Waals surface area contributed by atoms with E-state index in [1.54, 1.807) is 0 Å². The Morgan fingerprint density at radius 2 is 1.90 bits per heavy atom. The van der Waals surface area contributed by atoms with E-state index in [1.165, 1.54) is 22.8 Å². The smallest absolute Gasteiger partial charge is 0.189 e. The molecule has 4 nitrogen and oxygen atoms in total. The average Bonchev–Trinajstić information content (AvgIpc) is 2.46. The first-order valence-corrected chi connectivity index (χ1v) is 8.28. The van der Waals surface area contributed by atoms with E-state index < -0.39 is 0 Å². The Morgan fingerprint density at radius 3 is 2.48 bits per heavy atom. The molecule has 0 atom stereocenters. The zero-order valence-corrected chi connectivity index (χ0v) is 15.9. The summed E-state index contributed by atoms with van der Waals surface area (Å²) in [7, 11) is 0. The third-order valence-corrected chi connectivity index (χ3v) is 4.12. The maximum atomic E-state index is 5.80. The number of halogens is 1. The monoisotopic (exact) mass is 420 g/mol. The SMILES string of the molecule is CC(C)NC(N)=NCc1ccc(N2CCSCC2)cc1.I. The molecular formula is C15H25IN4S. The van der Waals surface area contributed by atoms with Gasteiger partial charge in [0, 0.05) is 36.3 Å². The number of guanidine groups is 1. The summed E-state index contributed by atoms with van der Waals surface area (Å²) in [6.45, 7) is 7.02. The predicted octanol–water partition coefficient (Wildman–Crippen LogP) is 2.67. The van der Waals surface area contributed by atoms with Gasteiger partial charge < -0.3 is 16.0 Å². The van der Waals surface area contributed by atoms with Gasteiger partial charge in [-0.3, -0.25) is 0 Å². The number of nitrogens with zero attached hydrogens (tertiary/aromatic N) is 2. The van der Waals surface area contributed by atoms with Crippen LogP contribution in [-0.4, -0.2) is 36.6 Å². The van der Waals surface area contributed by atoms with E-state index in [-0.39, 0.29) is 24.0 Å². The van der Waals surface area contributed by atoms with Crippen LogP contribution in [0.15, 0.2) is 29.3 Å². The fraction of sp³-hybridized carbons (Fsp3) is 0.533. The number of hydrogen-bond acceptors (Lipinski definition) is 3. The number of nitrogens with two attached hydrogens (primary N) is 1. The maximum Gasteiger partial charge on any atom is 0.189 e. The zero-order chi connectivity index (χ0) is 14.4. The van der Waals surface area contributed by atoms with E-state index in [1.807, 2.05) is 25.6 Å². The van der Waals surface area contributed by atoms with Gasteiger partial charge in [-0.1, -0.05) is 12.1 Å². The lowest BCUT2D eigenvalue weighted by Gasteiger charge is -2.28. The first-order valence-electron chi connectivity index (χ1n) is 7.13. The third-order valence-electron chi connectivity index (χ3n) is 3.18. The first kappa shape index (κ1) is 18.4. The van der Waals surface area contributed by atoms with Gasteiger partial charge in [-0.25, -0.2) is 4.99 Å². The molecule has 1 saturated heterocycles. The van der Waals surface area contributed by atoms with Gasteiger partial charge in [0.1, 0.15) is 0 Å². The van der Waals surface area contributed by atoms with Crippen molar-refractivity contribution in [2.75, 3.05) is 29.5 Å². The number of aliphatic imine (C=N–C) groups is 1. The van der Waals surface area contributed by atoms with Crippen LogP contribution in [0.3, 0.4) is 0 Å². The summed E-state index contributed by atoms with van der Waals surface area (Å²) in [5.41, 5.74) is 8.30. The third kappa shape index (κ3) is 6.34. The van der Waals surface area contributed by atoms with Gasteiger partial charge >= 0.3 is 0 Å². The molecule has 21 heavy (non-hydrogen) atoms. The molecule has 0 aromatic heterocycles. The molecule has 1 aliphatic heterocycles. The van der Waals surface area contributed by atoms with Crippen molar-refractivity contribution in [1.82, 2.24) is 5.32 Å². The molecule has 0 bridgehead atoms. The molecule has 118 valence electrons. The van der Waals surface area contributed by atoms with Crippen molar-refractivity contribution in [3.05, 3.63) is 29.8 Å². The number of nitrogens with one attached hydrogen (secondary N) is 1. The molecule has 0 spiro atoms. The Kier molecular flexibility index (Phi) is 8.24. The zero-order valence-electron chi connectivity index (χ0n) is 12.7. The van der Waals surface area contributed by atoms with Crippen molar-refractivity contribution in [2.45, 2.75) is 26.4 Å². The molecule has 1 fully saturated rings. The van der Waals surface area contributed by atoms with Gasteiger partial charge in [-0.2, -0.15) is 11.8 Å². The Labute approximate surface area is 149 Å². The van der Waals surface area contributed by atoms with E-state index in [0.717, 1.165) is 13.1 Å². The molecule has 0 radical (unpaired) electrons. The van der Waals surface area contributed by atoms with Gasteiger partial charge in [0.05, 0.1) is 6.54 Å². The van der Waals surface area contributed by atoms with Gasteiger partial charge in [-0.05, 0) is 31.5 Å². The molecule has 2 rings (SSSR count). The molecule has 0 unspecified atom stereocenters. The summed E-state index contributed by atoms with van der Waals surface area (Å²) in [6.07, 6.45) is 0. The summed E-state index contributed by atoms with van der Waals surface area (Å²) >= 11 is 2.03. The number of thioether (sulfide) groups is 1. The summed E-state index contributed by atoms with van der Waals surface area (Å²) in [5, 5.41) is 3.09. The van der Waals surface area contributed by atoms with Crippen molar-refractivity contribution in [1.29, 1.82) is 0 Å². The van der Waals surface area contributed by atoms with Crippen molar-refractivity contribution in [2.24, 2.45) is 10.7 Å². The summed E-state index contributed by atoms with van der Waals surface area (Å²) in [6, 6.07) is 8.98. The van der Waals surface area contributed by atoms with E-state index in [9.17, 15) is 0 Å². The molecule has 0 aliphatic carbocycles. The van der Waals surface area contributed by atoms with Crippen LogP contribution >= 0.6 is 35.7 Å². The molecular weight excluding hydrogens is 395 g/mol. The van der Waals surface area contributed by atoms with Crippen LogP contribution in [0.4, 0.5) is 5.69 Å². The number of hydrogen-bond donors (Lipinski definition) is 2. The highest BCUT2D eigenvalue weighted by Gasteiger charge is 2.10. The van der Waals surface area contributed by atoms with Crippen LogP contribution < -0.4 is 16.0 Å². The van der Waals surface area contributed by atoms with Crippen LogP contribution in [0.5, 0.6) is 0 Å². The highest BCUT2D eigenvalue weighted by molar-refractivity contribution is 14.0. The minimum atomic E-state index is 0. The van der Waals surface area contributed by atoms with E-state index in [0.29, 0.717) is 18.5 Å². The topological polar surface area (TPSA) is 53.6 Å². The van der Waals surface area contributed by atoms with Gasteiger partial charge in [0.25, 0.3) is 0 Å². The molecule has 1 aromatic carbocycles. The fourth-order valence-electron chi connectivity index (χ4n) is 2.15. The van der Waals surface area contributed by atoms with Gasteiger partial charge in [0.15, 0.2) is 5.96 Å². The fourth-order valence-corrected chi connectivity index (χ4v) is 3.05. The molecule has 6 heteroatoms. The largest absolute Gasteiger partial charge is 0.370 e. The molecule has 1 aliphatic rings. The molecule has 1 aromatic rings. The Balaban J connectivity index is 0.00000220. The van der Waals surface area contributed by atoms with Crippen LogP contribution in [0.25, 0.3) is 0 Å². The molecule has 0 saturated carbocycles. The second-order valence-electron chi connectivity index (χ2n) is 5.27. The van der Waals surface area contributed by atoms with Crippen molar-refractivity contribution >= 4 is 47.4 Å². The van der Waals surface area contributed by atoms with Gasteiger partial charge in [0.2, 0.25) is 0 Å². The normalized spacial score (nSPS) is 15.8. The highest BCUT2D eigenvalue weighted by atomic mass is 127. The quantitative estimate of drug-likeness (QED) is 0.447. The van der Waals surface area contributed by atoms with Crippen molar-refractivity contribution in [3.63, 3.8) is 0 Å². The van der Waals surface area contributed by atoms with Crippen LogP contribution in [0, 0.1) is 0 Å². The summed E-state index contributed by atoms with van der Waals surface area (Å²) in [4.78, 5) is 6.79. The number of anilines is 1.